The van der Waals surface area contributed by atoms with Gasteiger partial charge >= 0.3 is 0 Å². The number of fused-ring (bicyclic) bond motifs is 1. The maximum atomic E-state index is 13.4. The van der Waals surface area contributed by atoms with Crippen molar-refractivity contribution < 1.29 is 4.39 Å². The van der Waals surface area contributed by atoms with Crippen LogP contribution in [0.25, 0.3) is 16.8 Å². The average Bonchev–Trinajstić information content (AvgIpc) is 3.46. The fourth-order valence-corrected chi connectivity index (χ4v) is 5.07. The largest absolute Gasteiger partial charge is 0.369 e. The smallest absolute Gasteiger partial charge is 0.191 e. The summed E-state index contributed by atoms with van der Waals surface area (Å²) in [6, 6.07) is 12.6. The summed E-state index contributed by atoms with van der Waals surface area (Å²) in [5.74, 6) is -0.316. The molecule has 1 fully saturated rings. The van der Waals surface area contributed by atoms with E-state index in [9.17, 15) is 9.65 Å². The average molecular weight is 462 g/mol. The third-order valence-corrected chi connectivity index (χ3v) is 6.97. The lowest BCUT2D eigenvalue weighted by Gasteiger charge is -2.29. The van der Waals surface area contributed by atoms with Crippen LogP contribution in [0.5, 0.6) is 0 Å². The Morgan fingerprint density at radius 3 is 2.67 bits per heavy atom. The Bertz CT molecular complexity index is 1330. The normalized spacial score (nSPS) is 13.9. The van der Waals surface area contributed by atoms with E-state index in [1.165, 1.54) is 29.2 Å². The highest BCUT2D eigenvalue weighted by molar-refractivity contribution is 7.16. The summed E-state index contributed by atoms with van der Waals surface area (Å²) in [4.78, 5) is 9.67. The Labute approximate surface area is 195 Å². The summed E-state index contributed by atoms with van der Waals surface area (Å²) >= 11 is 1.33. The zero-order valence-corrected chi connectivity index (χ0v) is 19.4. The predicted octanol–water partition coefficient (Wildman–Crippen LogP) is 4.21. The number of nitrogens with zero attached hydrogens (tertiary/aromatic N) is 6. The summed E-state index contributed by atoms with van der Waals surface area (Å²) in [5, 5.41) is 18.6. The molecule has 0 atom stereocenters. The molecule has 0 radical (unpaired) electrons. The first kappa shape index (κ1) is 21.4. The third-order valence-electron chi connectivity index (χ3n) is 5.94. The van der Waals surface area contributed by atoms with Gasteiger partial charge < -0.3 is 15.1 Å². The van der Waals surface area contributed by atoms with Gasteiger partial charge in [0.2, 0.25) is 0 Å². The Morgan fingerprint density at radius 2 is 1.97 bits per heavy atom. The van der Waals surface area contributed by atoms with Crippen molar-refractivity contribution in [2.75, 3.05) is 43.0 Å². The Hall–Kier alpha value is -3.48. The van der Waals surface area contributed by atoms with Crippen molar-refractivity contribution in [2.24, 2.45) is 0 Å². The van der Waals surface area contributed by atoms with Gasteiger partial charge in [-0.1, -0.05) is 18.3 Å². The minimum absolute atomic E-state index is 0.316. The van der Waals surface area contributed by atoms with Crippen LogP contribution in [0.3, 0.4) is 0 Å². The van der Waals surface area contributed by atoms with Gasteiger partial charge in [0, 0.05) is 50.7 Å². The van der Waals surface area contributed by atoms with Crippen molar-refractivity contribution in [3.8, 4) is 17.3 Å². The zero-order chi connectivity index (χ0) is 22.9. The van der Waals surface area contributed by atoms with Crippen molar-refractivity contribution in [2.45, 2.75) is 13.3 Å². The van der Waals surface area contributed by atoms with Crippen molar-refractivity contribution >= 4 is 33.4 Å². The van der Waals surface area contributed by atoms with Gasteiger partial charge in [-0.2, -0.15) is 10.4 Å². The van der Waals surface area contributed by atoms with E-state index in [1.54, 1.807) is 12.1 Å². The minimum Gasteiger partial charge on any atom is -0.369 e. The highest BCUT2D eigenvalue weighted by atomic mass is 32.1. The highest BCUT2D eigenvalue weighted by Gasteiger charge is 2.23. The van der Waals surface area contributed by atoms with Crippen molar-refractivity contribution in [1.82, 2.24) is 19.9 Å². The number of hydrogen-bond acceptors (Lipinski definition) is 7. The van der Waals surface area contributed by atoms with E-state index < -0.39 is 0 Å². The van der Waals surface area contributed by atoms with Gasteiger partial charge in [-0.3, -0.25) is 0 Å². The summed E-state index contributed by atoms with van der Waals surface area (Å²) < 4.78 is 15.3. The standard InChI is InChI=1S/C24H24FN7S/c1-3-19-23(20-14-18(8-11-32(20)29-19)31-12-9-27-10-13-31)30(2)24-28-22(21(15-26)33-24)16-4-6-17(25)7-5-16/h4-8,11,14,27H,3,9-10,12-13H2,1-2H3. The van der Waals surface area contributed by atoms with E-state index in [0.29, 0.717) is 15.7 Å². The molecule has 0 spiro atoms. The fraction of sp³-hybridized carbons (Fsp3) is 0.292. The van der Waals surface area contributed by atoms with E-state index in [4.69, 9.17) is 10.1 Å². The number of anilines is 3. The molecule has 4 heterocycles. The maximum absolute atomic E-state index is 13.4. The lowest BCUT2D eigenvalue weighted by atomic mass is 10.1. The Morgan fingerprint density at radius 1 is 1.21 bits per heavy atom. The molecular weight excluding hydrogens is 437 g/mol. The van der Waals surface area contributed by atoms with Gasteiger partial charge in [0.25, 0.3) is 0 Å². The van der Waals surface area contributed by atoms with Gasteiger partial charge in [-0.25, -0.2) is 13.9 Å². The number of benzene rings is 1. The SMILES string of the molecule is CCc1nn2ccc(N3CCNCC3)cc2c1N(C)c1nc(-c2ccc(F)cc2)c(C#N)s1. The molecule has 0 aliphatic carbocycles. The fourth-order valence-electron chi connectivity index (χ4n) is 4.22. The molecule has 33 heavy (non-hydrogen) atoms. The van der Waals surface area contributed by atoms with Crippen LogP contribution in [-0.4, -0.2) is 47.8 Å². The molecule has 5 rings (SSSR count). The molecule has 0 saturated carbocycles. The van der Waals surface area contributed by atoms with Crippen LogP contribution >= 0.6 is 11.3 Å². The molecule has 7 nitrogen and oxygen atoms in total. The summed E-state index contributed by atoms with van der Waals surface area (Å²) in [7, 11) is 1.96. The summed E-state index contributed by atoms with van der Waals surface area (Å²) in [6.07, 6.45) is 2.78. The summed E-state index contributed by atoms with van der Waals surface area (Å²) in [6.45, 7) is 5.96. The predicted molar refractivity (Wildman–Crippen MR) is 130 cm³/mol. The van der Waals surface area contributed by atoms with E-state index in [2.05, 4.69) is 35.3 Å². The van der Waals surface area contributed by atoms with Crippen LogP contribution in [0.4, 0.5) is 20.9 Å². The molecule has 1 N–H and O–H groups in total. The Kier molecular flexibility index (Phi) is 5.70. The number of halogens is 1. The first-order chi connectivity index (χ1) is 16.1. The highest BCUT2D eigenvalue weighted by Crippen LogP contribution is 2.38. The molecule has 4 aromatic rings. The summed E-state index contributed by atoms with van der Waals surface area (Å²) in [5.41, 5.74) is 5.42. The second-order valence-electron chi connectivity index (χ2n) is 7.95. The van der Waals surface area contributed by atoms with Crippen LogP contribution in [0.1, 0.15) is 17.5 Å². The molecule has 1 aliphatic heterocycles. The van der Waals surface area contributed by atoms with Crippen LogP contribution in [-0.2, 0) is 6.42 Å². The molecule has 1 aliphatic rings. The molecule has 1 saturated heterocycles. The first-order valence-electron chi connectivity index (χ1n) is 11.0. The molecule has 0 bridgehead atoms. The third kappa shape index (κ3) is 3.92. The van der Waals surface area contributed by atoms with Crippen LogP contribution < -0.4 is 15.1 Å². The number of pyridine rings is 1. The first-order valence-corrected chi connectivity index (χ1v) is 11.8. The number of hydrogen-bond donors (Lipinski definition) is 1. The number of aryl methyl sites for hydroxylation is 1. The number of rotatable bonds is 5. The lowest BCUT2D eigenvalue weighted by molar-refractivity contribution is 0.589. The van der Waals surface area contributed by atoms with Gasteiger partial charge in [0.05, 0.1) is 16.9 Å². The zero-order valence-electron chi connectivity index (χ0n) is 18.5. The van der Waals surface area contributed by atoms with Crippen LogP contribution in [0, 0.1) is 17.1 Å². The van der Waals surface area contributed by atoms with Crippen molar-refractivity contribution in [3.05, 3.63) is 59.0 Å². The van der Waals surface area contributed by atoms with Crippen LogP contribution in [0.15, 0.2) is 42.6 Å². The lowest BCUT2D eigenvalue weighted by Crippen LogP contribution is -2.43. The maximum Gasteiger partial charge on any atom is 0.191 e. The molecule has 9 heteroatoms. The van der Waals surface area contributed by atoms with Gasteiger partial charge in [0.15, 0.2) is 5.13 Å². The molecular formula is C24H24FN7S. The van der Waals surface area contributed by atoms with Crippen molar-refractivity contribution in [1.29, 1.82) is 5.26 Å². The van der Waals surface area contributed by atoms with E-state index in [0.717, 1.165) is 55.1 Å². The monoisotopic (exact) mass is 461 g/mol. The molecule has 3 aromatic heterocycles. The number of nitriles is 1. The van der Waals surface area contributed by atoms with Crippen LogP contribution in [0.2, 0.25) is 0 Å². The van der Waals surface area contributed by atoms with Gasteiger partial charge in [-0.05, 0) is 42.8 Å². The second-order valence-corrected chi connectivity index (χ2v) is 8.93. The minimum atomic E-state index is -0.316. The molecule has 0 unspecified atom stereocenters. The second kappa shape index (κ2) is 8.81. The number of aromatic nitrogens is 3. The van der Waals surface area contributed by atoms with E-state index >= 15 is 0 Å². The van der Waals surface area contributed by atoms with Gasteiger partial charge in [0.1, 0.15) is 22.5 Å². The molecule has 168 valence electrons. The van der Waals surface area contributed by atoms with Crippen molar-refractivity contribution in [3.63, 3.8) is 0 Å². The van der Waals surface area contributed by atoms with E-state index in [-0.39, 0.29) is 5.82 Å². The topological polar surface area (TPSA) is 72.5 Å². The molecule has 1 aromatic carbocycles. The van der Waals surface area contributed by atoms with E-state index in [1.807, 2.05) is 22.7 Å². The Balaban J connectivity index is 1.58. The number of nitrogens with one attached hydrogen (secondary N) is 1. The van der Waals surface area contributed by atoms with Gasteiger partial charge in [-0.15, -0.1) is 0 Å². The number of piperazine rings is 1. The number of thiazole rings is 1. The quantitative estimate of drug-likeness (QED) is 0.480. The molecule has 0 amide bonds.